The number of pyridine rings is 1. The second kappa shape index (κ2) is 5.50. The predicted molar refractivity (Wildman–Crippen MR) is 80.7 cm³/mol. The van der Waals surface area contributed by atoms with Crippen molar-refractivity contribution in [2.45, 2.75) is 19.1 Å². The second-order valence-corrected chi connectivity index (χ2v) is 5.08. The lowest BCUT2D eigenvalue weighted by Gasteiger charge is -2.29. The summed E-state index contributed by atoms with van der Waals surface area (Å²) in [7, 11) is 0. The van der Waals surface area contributed by atoms with Crippen LogP contribution in [0.3, 0.4) is 0 Å². The van der Waals surface area contributed by atoms with Gasteiger partial charge in [-0.1, -0.05) is 36.4 Å². The number of carbonyl (C=O) groups is 1. The SMILES string of the molecule is CC1=CC(=O)N(c2ccccn2)[C@H]1[C@H](O)c1ccccc1. The highest BCUT2D eigenvalue weighted by Gasteiger charge is 2.37. The minimum Gasteiger partial charge on any atom is -0.386 e. The highest BCUT2D eigenvalue weighted by Crippen LogP contribution is 2.33. The molecule has 0 bridgehead atoms. The van der Waals surface area contributed by atoms with Crippen molar-refractivity contribution >= 4 is 11.7 Å². The van der Waals surface area contributed by atoms with Crippen molar-refractivity contribution in [2.24, 2.45) is 0 Å². The zero-order chi connectivity index (χ0) is 14.8. The molecule has 106 valence electrons. The number of nitrogens with zero attached hydrogens (tertiary/aromatic N) is 2. The van der Waals surface area contributed by atoms with Gasteiger partial charge in [-0.2, -0.15) is 0 Å². The molecule has 1 aromatic heterocycles. The van der Waals surface area contributed by atoms with E-state index in [4.69, 9.17) is 0 Å². The Morgan fingerprint density at radius 1 is 1.14 bits per heavy atom. The Hall–Kier alpha value is -2.46. The van der Waals surface area contributed by atoms with Gasteiger partial charge in [-0.3, -0.25) is 9.69 Å². The highest BCUT2D eigenvalue weighted by molar-refractivity contribution is 6.05. The smallest absolute Gasteiger partial charge is 0.252 e. The van der Waals surface area contributed by atoms with E-state index >= 15 is 0 Å². The first-order chi connectivity index (χ1) is 10.2. The second-order valence-electron chi connectivity index (χ2n) is 5.08. The lowest BCUT2D eigenvalue weighted by molar-refractivity contribution is -0.114. The largest absolute Gasteiger partial charge is 0.386 e. The first-order valence-corrected chi connectivity index (χ1v) is 6.84. The fourth-order valence-corrected chi connectivity index (χ4v) is 2.66. The van der Waals surface area contributed by atoms with Crippen molar-refractivity contribution in [3.8, 4) is 0 Å². The van der Waals surface area contributed by atoms with Crippen LogP contribution in [0.4, 0.5) is 5.82 Å². The number of rotatable bonds is 3. The summed E-state index contributed by atoms with van der Waals surface area (Å²) in [5.74, 6) is 0.404. The zero-order valence-electron chi connectivity index (χ0n) is 11.7. The standard InChI is InChI=1S/C17H16N2O2/c1-12-11-15(20)19(14-9-5-6-10-18-14)16(12)17(21)13-7-3-2-4-8-13/h2-11,16-17,21H,1H3/t16-,17-/m1/s1. The summed E-state index contributed by atoms with van der Waals surface area (Å²) < 4.78 is 0. The molecule has 0 fully saturated rings. The molecule has 0 unspecified atom stereocenters. The van der Waals surface area contributed by atoms with E-state index in [0.29, 0.717) is 5.82 Å². The van der Waals surface area contributed by atoms with Crippen molar-refractivity contribution < 1.29 is 9.90 Å². The van der Waals surface area contributed by atoms with Gasteiger partial charge in [0.05, 0.1) is 6.04 Å². The maximum atomic E-state index is 12.2. The van der Waals surface area contributed by atoms with Crippen LogP contribution in [-0.2, 0) is 4.79 Å². The molecule has 0 radical (unpaired) electrons. The summed E-state index contributed by atoms with van der Waals surface area (Å²) in [5, 5.41) is 10.7. The molecule has 1 aliphatic heterocycles. The van der Waals surface area contributed by atoms with Crippen molar-refractivity contribution in [1.82, 2.24) is 4.98 Å². The topological polar surface area (TPSA) is 53.4 Å². The maximum Gasteiger partial charge on any atom is 0.252 e. The van der Waals surface area contributed by atoms with Crippen LogP contribution < -0.4 is 4.90 Å². The molecule has 4 nitrogen and oxygen atoms in total. The van der Waals surface area contributed by atoms with E-state index in [-0.39, 0.29) is 5.91 Å². The Morgan fingerprint density at radius 3 is 2.52 bits per heavy atom. The third-order valence-corrected chi connectivity index (χ3v) is 3.67. The van der Waals surface area contributed by atoms with Crippen molar-refractivity contribution in [1.29, 1.82) is 0 Å². The molecule has 21 heavy (non-hydrogen) atoms. The van der Waals surface area contributed by atoms with Gasteiger partial charge in [0, 0.05) is 12.3 Å². The minimum absolute atomic E-state index is 0.147. The van der Waals surface area contributed by atoms with E-state index in [0.717, 1.165) is 11.1 Å². The molecule has 0 spiro atoms. The van der Waals surface area contributed by atoms with E-state index < -0.39 is 12.1 Å². The molecular weight excluding hydrogens is 264 g/mol. The lowest BCUT2D eigenvalue weighted by atomic mass is 9.97. The van der Waals surface area contributed by atoms with Crippen LogP contribution >= 0.6 is 0 Å². The molecule has 2 atom stereocenters. The van der Waals surface area contributed by atoms with Gasteiger partial charge in [0.1, 0.15) is 11.9 Å². The van der Waals surface area contributed by atoms with Crippen LogP contribution in [0.2, 0.25) is 0 Å². The first-order valence-electron chi connectivity index (χ1n) is 6.84. The van der Waals surface area contributed by atoms with Crippen LogP contribution in [0.15, 0.2) is 66.4 Å². The van der Waals surface area contributed by atoms with E-state index in [2.05, 4.69) is 4.98 Å². The van der Waals surface area contributed by atoms with Crippen LogP contribution in [0.25, 0.3) is 0 Å². The number of amides is 1. The van der Waals surface area contributed by atoms with Gasteiger partial charge < -0.3 is 5.11 Å². The van der Waals surface area contributed by atoms with Crippen LogP contribution in [0.1, 0.15) is 18.6 Å². The van der Waals surface area contributed by atoms with Gasteiger partial charge >= 0.3 is 0 Å². The van der Waals surface area contributed by atoms with E-state index in [1.807, 2.05) is 43.3 Å². The number of aliphatic hydroxyl groups is 1. The Morgan fingerprint density at radius 2 is 1.86 bits per heavy atom. The zero-order valence-corrected chi connectivity index (χ0v) is 11.7. The Labute approximate surface area is 123 Å². The molecule has 1 aliphatic rings. The minimum atomic E-state index is -0.782. The Balaban J connectivity index is 1.98. The molecule has 1 N–H and O–H groups in total. The Bertz CT molecular complexity index is 668. The predicted octanol–water partition coefficient (Wildman–Crippen LogP) is 2.48. The van der Waals surface area contributed by atoms with Gasteiger partial charge in [-0.05, 0) is 30.2 Å². The average Bonchev–Trinajstić information content (AvgIpc) is 2.82. The third-order valence-electron chi connectivity index (χ3n) is 3.67. The average molecular weight is 280 g/mol. The molecule has 0 aliphatic carbocycles. The van der Waals surface area contributed by atoms with Gasteiger partial charge in [0.25, 0.3) is 5.91 Å². The number of aromatic nitrogens is 1. The molecule has 4 heteroatoms. The summed E-state index contributed by atoms with van der Waals surface area (Å²) in [6, 6.07) is 14.3. The summed E-state index contributed by atoms with van der Waals surface area (Å²) >= 11 is 0. The molecule has 1 amide bonds. The number of anilines is 1. The van der Waals surface area contributed by atoms with Crippen LogP contribution in [-0.4, -0.2) is 22.0 Å². The molecule has 3 rings (SSSR count). The van der Waals surface area contributed by atoms with Crippen LogP contribution in [0.5, 0.6) is 0 Å². The van der Waals surface area contributed by atoms with Gasteiger partial charge in [0.2, 0.25) is 0 Å². The molecule has 2 heterocycles. The Kier molecular flexibility index (Phi) is 3.54. The first kappa shape index (κ1) is 13.5. The molecular formula is C17H16N2O2. The van der Waals surface area contributed by atoms with Crippen molar-refractivity contribution in [3.05, 3.63) is 71.9 Å². The van der Waals surface area contributed by atoms with Gasteiger partial charge in [0.15, 0.2) is 0 Å². The summed E-state index contributed by atoms with van der Waals surface area (Å²) in [4.78, 5) is 18.0. The molecule has 0 saturated carbocycles. The van der Waals surface area contributed by atoms with Crippen LogP contribution in [0, 0.1) is 0 Å². The normalized spacial score (nSPS) is 19.5. The maximum absolute atomic E-state index is 12.2. The summed E-state index contributed by atoms with van der Waals surface area (Å²) in [5.41, 5.74) is 1.62. The third kappa shape index (κ3) is 2.45. The molecule has 0 saturated heterocycles. The fourth-order valence-electron chi connectivity index (χ4n) is 2.66. The molecule has 1 aromatic carbocycles. The summed E-state index contributed by atoms with van der Waals surface area (Å²) in [6.45, 7) is 1.86. The summed E-state index contributed by atoms with van der Waals surface area (Å²) in [6.07, 6.45) is 2.42. The number of benzene rings is 1. The highest BCUT2D eigenvalue weighted by atomic mass is 16.3. The fraction of sp³-hybridized carbons (Fsp3) is 0.176. The van der Waals surface area contributed by atoms with E-state index in [1.54, 1.807) is 29.3 Å². The number of hydrogen-bond donors (Lipinski definition) is 1. The quantitative estimate of drug-likeness (QED) is 0.939. The number of carbonyl (C=O) groups excluding carboxylic acids is 1. The van der Waals surface area contributed by atoms with E-state index in [9.17, 15) is 9.90 Å². The van der Waals surface area contributed by atoms with Gasteiger partial charge in [-0.15, -0.1) is 0 Å². The van der Waals surface area contributed by atoms with E-state index in [1.165, 1.54) is 0 Å². The number of hydrogen-bond acceptors (Lipinski definition) is 3. The van der Waals surface area contributed by atoms with Crippen molar-refractivity contribution in [3.63, 3.8) is 0 Å². The van der Waals surface area contributed by atoms with Gasteiger partial charge in [-0.25, -0.2) is 4.98 Å². The van der Waals surface area contributed by atoms with Crippen molar-refractivity contribution in [2.75, 3.05) is 4.90 Å². The monoisotopic (exact) mass is 280 g/mol. The number of aliphatic hydroxyl groups excluding tert-OH is 1. The lowest BCUT2D eigenvalue weighted by Crippen LogP contribution is -2.39. The molecule has 2 aromatic rings.